The van der Waals surface area contributed by atoms with E-state index in [9.17, 15) is 0 Å². The quantitative estimate of drug-likeness (QED) is 0.670. The molecule has 4 rings (SSSR count). The third-order valence-corrected chi connectivity index (χ3v) is 5.12. The van der Waals surface area contributed by atoms with E-state index in [4.69, 9.17) is 16.1 Å². The summed E-state index contributed by atoms with van der Waals surface area (Å²) >= 11 is 5.94. The van der Waals surface area contributed by atoms with E-state index < -0.39 is 0 Å². The Bertz CT molecular complexity index is 824. The van der Waals surface area contributed by atoms with E-state index >= 15 is 0 Å². The summed E-state index contributed by atoms with van der Waals surface area (Å²) in [5, 5.41) is 4.92. The lowest BCUT2D eigenvalue weighted by Crippen LogP contribution is -2.46. The van der Waals surface area contributed by atoms with Gasteiger partial charge in [-0.1, -0.05) is 47.1 Å². The number of hydrogen-bond acceptors (Lipinski definition) is 4. The SMILES string of the molecule is Clc1ccc(-c2cc(CCN3CCN(c4ccccc4)CC3)on2)cc1. The molecule has 0 N–H and O–H groups in total. The molecule has 0 atom stereocenters. The van der Waals surface area contributed by atoms with E-state index in [1.165, 1.54) is 5.69 Å². The molecular weight excluding hydrogens is 346 g/mol. The molecule has 5 heteroatoms. The molecule has 0 spiro atoms. The fraction of sp³-hybridized carbons (Fsp3) is 0.286. The van der Waals surface area contributed by atoms with Gasteiger partial charge in [-0.3, -0.25) is 4.90 Å². The summed E-state index contributed by atoms with van der Waals surface area (Å²) < 4.78 is 5.51. The standard InChI is InChI=1S/C21H22ClN3O/c22-18-8-6-17(7-9-18)21-16-20(26-23-21)10-11-24-12-14-25(15-13-24)19-4-2-1-3-5-19/h1-9,16H,10-15H2. The third kappa shape index (κ3) is 4.09. The summed E-state index contributed by atoms with van der Waals surface area (Å²) in [6.45, 7) is 5.28. The average Bonchev–Trinajstić information content (AvgIpc) is 3.17. The fourth-order valence-electron chi connectivity index (χ4n) is 3.32. The molecule has 1 aliphatic heterocycles. The van der Waals surface area contributed by atoms with Gasteiger partial charge in [0, 0.05) is 61.5 Å². The number of anilines is 1. The maximum absolute atomic E-state index is 5.94. The Kier molecular flexibility index (Phi) is 5.23. The molecule has 0 saturated carbocycles. The minimum absolute atomic E-state index is 0.729. The number of aromatic nitrogens is 1. The van der Waals surface area contributed by atoms with Crippen LogP contribution in [0.5, 0.6) is 0 Å². The normalized spacial score (nSPS) is 15.3. The smallest absolute Gasteiger partial charge is 0.138 e. The summed E-state index contributed by atoms with van der Waals surface area (Å²) in [5.74, 6) is 0.931. The highest BCUT2D eigenvalue weighted by molar-refractivity contribution is 6.30. The molecule has 0 bridgehead atoms. The van der Waals surface area contributed by atoms with E-state index in [1.807, 2.05) is 30.3 Å². The van der Waals surface area contributed by atoms with E-state index in [1.54, 1.807) is 0 Å². The van der Waals surface area contributed by atoms with Crippen molar-refractivity contribution in [3.8, 4) is 11.3 Å². The van der Waals surface area contributed by atoms with Crippen molar-refractivity contribution in [2.75, 3.05) is 37.6 Å². The summed E-state index contributed by atoms with van der Waals surface area (Å²) in [5.41, 5.74) is 3.21. The van der Waals surface area contributed by atoms with Gasteiger partial charge in [-0.15, -0.1) is 0 Å². The van der Waals surface area contributed by atoms with Crippen LogP contribution in [0, 0.1) is 0 Å². The van der Waals surface area contributed by atoms with Gasteiger partial charge in [0.2, 0.25) is 0 Å². The van der Waals surface area contributed by atoms with Gasteiger partial charge in [-0.25, -0.2) is 0 Å². The summed E-state index contributed by atoms with van der Waals surface area (Å²) in [6, 6.07) is 20.3. The lowest BCUT2D eigenvalue weighted by Gasteiger charge is -2.36. The first kappa shape index (κ1) is 17.1. The molecule has 1 aliphatic rings. The highest BCUT2D eigenvalue weighted by Gasteiger charge is 2.17. The number of halogens is 1. The minimum Gasteiger partial charge on any atom is -0.369 e. The van der Waals surface area contributed by atoms with Gasteiger partial charge in [0.25, 0.3) is 0 Å². The first-order valence-electron chi connectivity index (χ1n) is 9.02. The second-order valence-corrected chi connectivity index (χ2v) is 7.04. The molecule has 2 heterocycles. The van der Waals surface area contributed by atoms with Gasteiger partial charge < -0.3 is 9.42 Å². The Morgan fingerprint density at radius 3 is 2.38 bits per heavy atom. The van der Waals surface area contributed by atoms with Crippen molar-refractivity contribution in [3.63, 3.8) is 0 Å². The zero-order valence-corrected chi connectivity index (χ0v) is 15.4. The van der Waals surface area contributed by atoms with Crippen LogP contribution in [0.2, 0.25) is 5.02 Å². The van der Waals surface area contributed by atoms with Crippen LogP contribution in [0.4, 0.5) is 5.69 Å². The number of rotatable bonds is 5. The lowest BCUT2D eigenvalue weighted by molar-refractivity contribution is 0.251. The topological polar surface area (TPSA) is 32.5 Å². The first-order valence-corrected chi connectivity index (χ1v) is 9.39. The maximum atomic E-state index is 5.94. The average molecular weight is 368 g/mol. The number of benzene rings is 2. The van der Waals surface area contributed by atoms with Crippen LogP contribution in [-0.2, 0) is 6.42 Å². The molecule has 1 fully saturated rings. The van der Waals surface area contributed by atoms with Crippen LogP contribution in [0.15, 0.2) is 65.2 Å². The Morgan fingerprint density at radius 1 is 0.923 bits per heavy atom. The van der Waals surface area contributed by atoms with Crippen LogP contribution in [0.25, 0.3) is 11.3 Å². The van der Waals surface area contributed by atoms with Gasteiger partial charge in [0.05, 0.1) is 0 Å². The number of hydrogen-bond donors (Lipinski definition) is 0. The number of nitrogens with zero attached hydrogens (tertiary/aromatic N) is 3. The second kappa shape index (κ2) is 7.94. The van der Waals surface area contributed by atoms with Crippen molar-refractivity contribution in [1.29, 1.82) is 0 Å². The van der Waals surface area contributed by atoms with E-state index in [0.29, 0.717) is 0 Å². The molecule has 4 nitrogen and oxygen atoms in total. The molecule has 0 aliphatic carbocycles. The van der Waals surface area contributed by atoms with Crippen LogP contribution >= 0.6 is 11.6 Å². The van der Waals surface area contributed by atoms with Gasteiger partial charge in [-0.05, 0) is 24.3 Å². The van der Waals surface area contributed by atoms with E-state index in [0.717, 1.165) is 61.2 Å². The minimum atomic E-state index is 0.729. The van der Waals surface area contributed by atoms with Gasteiger partial charge in [0.15, 0.2) is 0 Å². The third-order valence-electron chi connectivity index (χ3n) is 4.87. The zero-order chi connectivity index (χ0) is 17.8. The maximum Gasteiger partial charge on any atom is 0.138 e. The predicted octanol–water partition coefficient (Wildman–Crippen LogP) is 4.36. The Balaban J connectivity index is 1.28. The second-order valence-electron chi connectivity index (χ2n) is 6.60. The van der Waals surface area contributed by atoms with Crippen molar-refractivity contribution in [2.45, 2.75) is 6.42 Å². The monoisotopic (exact) mass is 367 g/mol. The van der Waals surface area contributed by atoms with Crippen LogP contribution in [-0.4, -0.2) is 42.8 Å². The molecule has 1 saturated heterocycles. The highest BCUT2D eigenvalue weighted by atomic mass is 35.5. The van der Waals surface area contributed by atoms with Gasteiger partial charge in [-0.2, -0.15) is 0 Å². The summed E-state index contributed by atoms with van der Waals surface area (Å²) in [6.07, 6.45) is 0.881. The lowest BCUT2D eigenvalue weighted by atomic mass is 10.1. The van der Waals surface area contributed by atoms with E-state index in [-0.39, 0.29) is 0 Å². The Morgan fingerprint density at radius 2 is 1.65 bits per heavy atom. The molecular formula is C21H22ClN3O. The van der Waals surface area contributed by atoms with Crippen LogP contribution in [0.3, 0.4) is 0 Å². The summed E-state index contributed by atoms with van der Waals surface area (Å²) in [4.78, 5) is 4.94. The first-order chi connectivity index (χ1) is 12.8. The molecule has 26 heavy (non-hydrogen) atoms. The Labute approximate surface area is 159 Å². The van der Waals surface area contributed by atoms with Crippen molar-refractivity contribution in [1.82, 2.24) is 10.1 Å². The highest BCUT2D eigenvalue weighted by Crippen LogP contribution is 2.22. The predicted molar refractivity (Wildman–Crippen MR) is 106 cm³/mol. The molecule has 3 aromatic rings. The molecule has 0 amide bonds. The van der Waals surface area contributed by atoms with Crippen LogP contribution in [0.1, 0.15) is 5.76 Å². The largest absolute Gasteiger partial charge is 0.369 e. The molecule has 1 aromatic heterocycles. The van der Waals surface area contributed by atoms with Crippen LogP contribution < -0.4 is 4.90 Å². The number of piperazine rings is 1. The van der Waals surface area contributed by atoms with Crippen molar-refractivity contribution in [2.24, 2.45) is 0 Å². The van der Waals surface area contributed by atoms with Gasteiger partial charge >= 0.3 is 0 Å². The Hall–Kier alpha value is -2.30. The zero-order valence-electron chi connectivity index (χ0n) is 14.6. The fourth-order valence-corrected chi connectivity index (χ4v) is 3.45. The van der Waals surface area contributed by atoms with Crippen molar-refractivity contribution < 1.29 is 4.52 Å². The number of para-hydroxylation sites is 1. The molecule has 0 unspecified atom stereocenters. The van der Waals surface area contributed by atoms with Crippen molar-refractivity contribution >= 4 is 17.3 Å². The molecule has 2 aromatic carbocycles. The molecule has 134 valence electrons. The van der Waals surface area contributed by atoms with Gasteiger partial charge in [0.1, 0.15) is 11.5 Å². The van der Waals surface area contributed by atoms with Crippen molar-refractivity contribution in [3.05, 3.63) is 71.4 Å². The van der Waals surface area contributed by atoms with E-state index in [2.05, 4.69) is 45.3 Å². The summed E-state index contributed by atoms with van der Waals surface area (Å²) in [7, 11) is 0. The molecule has 0 radical (unpaired) electrons.